The molecule has 1 unspecified atom stereocenters. The minimum absolute atomic E-state index is 0.0299. The standard InChI is InChI=1S/C20H24N2O3S/c1-14-4-6-15(7-5-14)19(17-3-2-12-26-17)21-18(23)13-22-10-8-16(9-11-22)20(24)25/h2-7,12,16,19H,8-11,13H2,1H3,(H,21,23)(H,24,25). The molecular weight excluding hydrogens is 348 g/mol. The first-order chi connectivity index (χ1) is 12.5. The molecule has 6 heteroatoms. The van der Waals surface area contributed by atoms with E-state index in [1.54, 1.807) is 11.3 Å². The molecule has 138 valence electrons. The topological polar surface area (TPSA) is 69.6 Å². The van der Waals surface area contributed by atoms with Crippen molar-refractivity contribution in [2.75, 3.05) is 19.6 Å². The summed E-state index contributed by atoms with van der Waals surface area (Å²) in [5, 5.41) is 14.2. The second-order valence-electron chi connectivity index (χ2n) is 6.82. The van der Waals surface area contributed by atoms with Gasteiger partial charge in [0.1, 0.15) is 0 Å². The van der Waals surface area contributed by atoms with Crippen molar-refractivity contribution in [3.63, 3.8) is 0 Å². The number of amides is 1. The van der Waals surface area contributed by atoms with E-state index in [0.717, 1.165) is 10.4 Å². The minimum Gasteiger partial charge on any atom is -0.481 e. The summed E-state index contributed by atoms with van der Waals surface area (Å²) in [5.41, 5.74) is 2.25. The quantitative estimate of drug-likeness (QED) is 0.818. The molecule has 2 heterocycles. The molecule has 5 nitrogen and oxygen atoms in total. The number of carbonyl (C=O) groups is 2. The van der Waals surface area contributed by atoms with Crippen molar-refractivity contribution in [3.05, 3.63) is 57.8 Å². The maximum absolute atomic E-state index is 12.6. The Bertz CT molecular complexity index is 735. The fourth-order valence-electron chi connectivity index (χ4n) is 3.28. The second-order valence-corrected chi connectivity index (χ2v) is 7.79. The summed E-state index contributed by atoms with van der Waals surface area (Å²) in [6, 6.07) is 12.1. The third kappa shape index (κ3) is 4.71. The van der Waals surface area contributed by atoms with Gasteiger partial charge < -0.3 is 10.4 Å². The van der Waals surface area contributed by atoms with E-state index in [4.69, 9.17) is 5.11 Å². The molecule has 0 saturated carbocycles. The Labute approximate surface area is 157 Å². The number of likely N-dealkylation sites (tertiary alicyclic amines) is 1. The highest BCUT2D eigenvalue weighted by atomic mass is 32.1. The van der Waals surface area contributed by atoms with Crippen LogP contribution in [0.2, 0.25) is 0 Å². The van der Waals surface area contributed by atoms with E-state index in [-0.39, 0.29) is 17.9 Å². The van der Waals surface area contributed by atoms with Crippen molar-refractivity contribution in [1.82, 2.24) is 10.2 Å². The minimum atomic E-state index is -0.730. The fraction of sp³-hybridized carbons (Fsp3) is 0.400. The van der Waals surface area contributed by atoms with Gasteiger partial charge in [0.05, 0.1) is 18.5 Å². The van der Waals surface area contributed by atoms with E-state index in [0.29, 0.717) is 32.5 Å². The number of rotatable bonds is 6. The van der Waals surface area contributed by atoms with Crippen LogP contribution in [0.1, 0.15) is 34.9 Å². The maximum Gasteiger partial charge on any atom is 0.306 e. The number of nitrogens with one attached hydrogen (secondary N) is 1. The second kappa shape index (κ2) is 8.47. The Kier molecular flexibility index (Phi) is 6.06. The van der Waals surface area contributed by atoms with Gasteiger partial charge in [0, 0.05) is 4.88 Å². The summed E-state index contributed by atoms with van der Waals surface area (Å²) in [6.45, 7) is 3.65. The van der Waals surface area contributed by atoms with Gasteiger partial charge in [-0.2, -0.15) is 0 Å². The number of benzene rings is 1. The molecule has 1 aromatic carbocycles. The van der Waals surface area contributed by atoms with Gasteiger partial charge in [0.25, 0.3) is 0 Å². The maximum atomic E-state index is 12.6. The van der Waals surface area contributed by atoms with Crippen LogP contribution < -0.4 is 5.32 Å². The molecule has 1 fully saturated rings. The first-order valence-electron chi connectivity index (χ1n) is 8.87. The number of hydrogen-bond donors (Lipinski definition) is 2. The lowest BCUT2D eigenvalue weighted by atomic mass is 9.97. The highest BCUT2D eigenvalue weighted by molar-refractivity contribution is 7.10. The monoisotopic (exact) mass is 372 g/mol. The van der Waals surface area contributed by atoms with Crippen LogP contribution in [0, 0.1) is 12.8 Å². The van der Waals surface area contributed by atoms with E-state index in [2.05, 4.69) is 29.6 Å². The summed E-state index contributed by atoms with van der Waals surface area (Å²) in [6.07, 6.45) is 1.21. The van der Waals surface area contributed by atoms with E-state index in [9.17, 15) is 9.59 Å². The van der Waals surface area contributed by atoms with Crippen molar-refractivity contribution < 1.29 is 14.7 Å². The summed E-state index contributed by atoms with van der Waals surface area (Å²) >= 11 is 1.63. The highest BCUT2D eigenvalue weighted by Crippen LogP contribution is 2.26. The summed E-state index contributed by atoms with van der Waals surface area (Å²) < 4.78 is 0. The third-order valence-electron chi connectivity index (χ3n) is 4.85. The van der Waals surface area contributed by atoms with Crippen LogP contribution in [0.15, 0.2) is 41.8 Å². The molecule has 0 spiro atoms. The number of nitrogens with zero attached hydrogens (tertiary/aromatic N) is 1. The van der Waals surface area contributed by atoms with Gasteiger partial charge in [-0.25, -0.2) is 0 Å². The molecule has 2 N–H and O–H groups in total. The number of aryl methyl sites for hydroxylation is 1. The predicted molar refractivity (Wildman–Crippen MR) is 102 cm³/mol. The number of carboxylic acid groups (broad SMARTS) is 1. The van der Waals surface area contributed by atoms with Crippen molar-refractivity contribution in [2.24, 2.45) is 5.92 Å². The van der Waals surface area contributed by atoms with Crippen molar-refractivity contribution in [2.45, 2.75) is 25.8 Å². The van der Waals surface area contributed by atoms with E-state index >= 15 is 0 Å². The number of thiophene rings is 1. The normalized spacial score (nSPS) is 17.0. The molecule has 2 aromatic rings. The summed E-state index contributed by atoms with van der Waals surface area (Å²) in [4.78, 5) is 26.8. The average Bonchev–Trinajstić information content (AvgIpc) is 3.15. The lowest BCUT2D eigenvalue weighted by Gasteiger charge is -2.30. The molecule has 0 aliphatic carbocycles. The summed E-state index contributed by atoms with van der Waals surface area (Å²) in [7, 11) is 0. The van der Waals surface area contributed by atoms with Crippen LogP contribution in [-0.2, 0) is 9.59 Å². The van der Waals surface area contributed by atoms with E-state index in [1.807, 2.05) is 29.3 Å². The Morgan fingerprint density at radius 1 is 1.23 bits per heavy atom. The van der Waals surface area contributed by atoms with Crippen molar-refractivity contribution in [1.29, 1.82) is 0 Å². The van der Waals surface area contributed by atoms with E-state index < -0.39 is 5.97 Å². The molecule has 3 rings (SSSR count). The molecule has 26 heavy (non-hydrogen) atoms. The number of carboxylic acids is 1. The zero-order valence-electron chi connectivity index (χ0n) is 14.9. The Balaban J connectivity index is 1.63. The molecule has 1 aromatic heterocycles. The van der Waals surface area contributed by atoms with Crippen LogP contribution in [0.3, 0.4) is 0 Å². The molecule has 0 bridgehead atoms. The number of carbonyl (C=O) groups excluding carboxylic acids is 1. The molecule has 1 amide bonds. The van der Waals surface area contributed by atoms with Gasteiger partial charge in [-0.15, -0.1) is 11.3 Å². The lowest BCUT2D eigenvalue weighted by Crippen LogP contribution is -2.43. The zero-order chi connectivity index (χ0) is 18.5. The molecule has 1 atom stereocenters. The Hall–Kier alpha value is -2.18. The third-order valence-corrected chi connectivity index (χ3v) is 5.78. The molecule has 1 aliphatic heterocycles. The average molecular weight is 372 g/mol. The number of hydrogen-bond acceptors (Lipinski definition) is 4. The highest BCUT2D eigenvalue weighted by Gasteiger charge is 2.26. The summed E-state index contributed by atoms with van der Waals surface area (Å²) in [5.74, 6) is -1.04. The zero-order valence-corrected chi connectivity index (χ0v) is 15.7. The van der Waals surface area contributed by atoms with Gasteiger partial charge in [-0.05, 0) is 49.9 Å². The van der Waals surface area contributed by atoms with Gasteiger partial charge in [-0.1, -0.05) is 35.9 Å². The van der Waals surface area contributed by atoms with Crippen LogP contribution >= 0.6 is 11.3 Å². The van der Waals surface area contributed by atoms with E-state index in [1.165, 1.54) is 5.56 Å². The molecule has 1 aliphatic rings. The first kappa shape index (κ1) is 18.6. The molecule has 1 saturated heterocycles. The SMILES string of the molecule is Cc1ccc(C(NC(=O)CN2CCC(C(=O)O)CC2)c2cccs2)cc1. The fourth-order valence-corrected chi connectivity index (χ4v) is 4.08. The van der Waals surface area contributed by atoms with Crippen LogP contribution in [0.5, 0.6) is 0 Å². The van der Waals surface area contributed by atoms with Crippen molar-refractivity contribution in [3.8, 4) is 0 Å². The predicted octanol–water partition coefficient (Wildman–Crippen LogP) is 3.06. The Morgan fingerprint density at radius 2 is 1.92 bits per heavy atom. The smallest absolute Gasteiger partial charge is 0.306 e. The number of aliphatic carboxylic acids is 1. The largest absolute Gasteiger partial charge is 0.481 e. The van der Waals surface area contributed by atoms with Crippen molar-refractivity contribution >= 4 is 23.2 Å². The van der Waals surface area contributed by atoms with Gasteiger partial charge in [0.2, 0.25) is 5.91 Å². The van der Waals surface area contributed by atoms with Gasteiger partial charge >= 0.3 is 5.97 Å². The Morgan fingerprint density at radius 3 is 2.50 bits per heavy atom. The van der Waals surface area contributed by atoms with Crippen LogP contribution in [0.4, 0.5) is 0 Å². The number of piperidine rings is 1. The molecular formula is C20H24N2O3S. The lowest BCUT2D eigenvalue weighted by molar-refractivity contribution is -0.143. The molecule has 0 radical (unpaired) electrons. The van der Waals surface area contributed by atoms with Crippen LogP contribution in [-0.4, -0.2) is 41.5 Å². The first-order valence-corrected chi connectivity index (χ1v) is 9.75. The van der Waals surface area contributed by atoms with Gasteiger partial charge in [-0.3, -0.25) is 14.5 Å². The van der Waals surface area contributed by atoms with Gasteiger partial charge in [0.15, 0.2) is 0 Å². The van der Waals surface area contributed by atoms with Crippen LogP contribution in [0.25, 0.3) is 0 Å².